The molecule has 0 aliphatic rings. The van der Waals surface area contributed by atoms with Gasteiger partial charge in [-0.2, -0.15) is 0 Å². The molecule has 0 heterocycles. The monoisotopic (exact) mass is 348 g/mol. The number of halogens is 1. The van der Waals surface area contributed by atoms with Crippen molar-refractivity contribution in [3.8, 4) is 11.5 Å². The molecule has 2 rings (SSSR count). The van der Waals surface area contributed by atoms with E-state index in [0.717, 1.165) is 11.1 Å². The minimum absolute atomic E-state index is 0.0756. The van der Waals surface area contributed by atoms with Crippen LogP contribution in [0.5, 0.6) is 11.5 Å². The van der Waals surface area contributed by atoms with Crippen molar-refractivity contribution in [3.63, 3.8) is 0 Å². The average Bonchev–Trinajstić information content (AvgIpc) is 2.52. The van der Waals surface area contributed by atoms with E-state index >= 15 is 0 Å². The topological polar surface area (TPSA) is 72.8 Å². The maximum absolute atomic E-state index is 12.2. The Labute approximate surface area is 144 Å². The lowest BCUT2D eigenvalue weighted by atomic mass is 10.1. The molecule has 24 heavy (non-hydrogen) atoms. The van der Waals surface area contributed by atoms with Crippen LogP contribution in [0.1, 0.15) is 28.4 Å². The second kappa shape index (κ2) is 7.36. The number of rotatable bonds is 5. The number of benzene rings is 2. The molecule has 6 heteroatoms. The highest BCUT2D eigenvalue weighted by molar-refractivity contribution is 6.31. The van der Waals surface area contributed by atoms with Gasteiger partial charge in [0.1, 0.15) is 17.1 Å². The number of carbonyl (C=O) groups is 2. The molecule has 0 radical (unpaired) electrons. The van der Waals surface area contributed by atoms with Gasteiger partial charge in [-0.1, -0.05) is 23.7 Å². The van der Waals surface area contributed by atoms with Gasteiger partial charge in [-0.15, -0.1) is 0 Å². The summed E-state index contributed by atoms with van der Waals surface area (Å²) in [6.45, 7) is 5.33. The third-order valence-corrected chi connectivity index (χ3v) is 3.60. The summed E-state index contributed by atoms with van der Waals surface area (Å²) >= 11 is 5.77. The summed E-state index contributed by atoms with van der Waals surface area (Å²) in [6, 6.07) is 9.68. The quantitative estimate of drug-likeness (QED) is 0.652. The van der Waals surface area contributed by atoms with Crippen molar-refractivity contribution in [1.29, 1.82) is 0 Å². The van der Waals surface area contributed by atoms with Gasteiger partial charge in [-0.05, 0) is 56.2 Å². The Morgan fingerprint density at radius 2 is 1.79 bits per heavy atom. The Morgan fingerprint density at radius 1 is 1.08 bits per heavy atom. The van der Waals surface area contributed by atoms with E-state index < -0.39 is 18.0 Å². The molecule has 0 bridgehead atoms. The molecular weight excluding hydrogens is 332 g/mol. The van der Waals surface area contributed by atoms with E-state index in [0.29, 0.717) is 5.75 Å². The highest BCUT2D eigenvalue weighted by atomic mass is 35.5. The van der Waals surface area contributed by atoms with Gasteiger partial charge in [0.15, 0.2) is 6.10 Å². The lowest BCUT2D eigenvalue weighted by Crippen LogP contribution is -2.29. The van der Waals surface area contributed by atoms with Crippen molar-refractivity contribution >= 4 is 23.5 Å². The van der Waals surface area contributed by atoms with Gasteiger partial charge in [-0.3, -0.25) is 0 Å². The Bertz CT molecular complexity index is 785. The maximum Gasteiger partial charge on any atom is 0.352 e. The predicted octanol–water partition coefficient (Wildman–Crippen LogP) is 4.03. The van der Waals surface area contributed by atoms with Crippen molar-refractivity contribution < 1.29 is 24.2 Å². The standard InChI is InChI=1S/C18H17ClO5/c1-10-4-5-11(2)16(8-10)23-12(3)18(22)24-15-7-6-13(19)9-14(15)17(20)21/h4-9,12H,1-3H3,(H,20,21). The predicted molar refractivity (Wildman–Crippen MR) is 90.1 cm³/mol. The normalized spacial score (nSPS) is 11.7. The van der Waals surface area contributed by atoms with E-state index in [2.05, 4.69) is 0 Å². The number of carbonyl (C=O) groups excluding carboxylic acids is 1. The molecule has 5 nitrogen and oxygen atoms in total. The van der Waals surface area contributed by atoms with Crippen LogP contribution in [-0.4, -0.2) is 23.1 Å². The molecule has 0 aliphatic carbocycles. The number of hydrogen-bond donors (Lipinski definition) is 1. The van der Waals surface area contributed by atoms with E-state index in [-0.39, 0.29) is 16.3 Å². The summed E-state index contributed by atoms with van der Waals surface area (Å²) in [5.41, 5.74) is 1.70. The minimum atomic E-state index is -1.23. The SMILES string of the molecule is Cc1ccc(C)c(OC(C)C(=O)Oc2ccc(Cl)cc2C(=O)O)c1. The Kier molecular flexibility index (Phi) is 5.46. The molecule has 1 N–H and O–H groups in total. The number of aryl methyl sites for hydroxylation is 2. The zero-order valence-electron chi connectivity index (χ0n) is 13.5. The summed E-state index contributed by atoms with van der Waals surface area (Å²) in [5, 5.41) is 9.41. The Hall–Kier alpha value is -2.53. The van der Waals surface area contributed by atoms with Crippen LogP contribution in [0.2, 0.25) is 5.02 Å². The van der Waals surface area contributed by atoms with E-state index in [1.54, 1.807) is 6.92 Å². The van der Waals surface area contributed by atoms with E-state index in [1.165, 1.54) is 18.2 Å². The number of aromatic carboxylic acids is 1. The first-order chi connectivity index (χ1) is 11.3. The highest BCUT2D eigenvalue weighted by Crippen LogP contribution is 2.25. The Balaban J connectivity index is 2.15. The van der Waals surface area contributed by atoms with Gasteiger partial charge in [0.05, 0.1) is 0 Å². The smallest absolute Gasteiger partial charge is 0.352 e. The molecule has 0 amide bonds. The lowest BCUT2D eigenvalue weighted by molar-refractivity contribution is -0.141. The number of carboxylic acid groups (broad SMARTS) is 1. The molecule has 0 saturated carbocycles. The summed E-state index contributed by atoms with van der Waals surface area (Å²) in [4.78, 5) is 23.4. The van der Waals surface area contributed by atoms with Crippen LogP contribution >= 0.6 is 11.6 Å². The summed E-state index contributed by atoms with van der Waals surface area (Å²) < 4.78 is 10.8. The van der Waals surface area contributed by atoms with Crippen LogP contribution in [0, 0.1) is 13.8 Å². The first kappa shape index (κ1) is 17.8. The average molecular weight is 349 g/mol. The third-order valence-electron chi connectivity index (χ3n) is 3.36. The first-order valence-electron chi connectivity index (χ1n) is 7.26. The van der Waals surface area contributed by atoms with Crippen molar-refractivity contribution in [2.24, 2.45) is 0 Å². The molecule has 0 spiro atoms. The van der Waals surface area contributed by atoms with Gasteiger partial charge in [0.25, 0.3) is 0 Å². The fraction of sp³-hybridized carbons (Fsp3) is 0.222. The Morgan fingerprint density at radius 3 is 2.46 bits per heavy atom. The van der Waals surface area contributed by atoms with Crippen LogP contribution in [0.3, 0.4) is 0 Å². The van der Waals surface area contributed by atoms with Crippen molar-refractivity contribution in [2.75, 3.05) is 0 Å². The summed E-state index contributed by atoms with van der Waals surface area (Å²) in [7, 11) is 0. The third kappa shape index (κ3) is 4.26. The molecule has 2 aromatic rings. The second-order valence-corrected chi connectivity index (χ2v) is 5.83. The lowest BCUT2D eigenvalue weighted by Gasteiger charge is -2.16. The molecule has 1 atom stereocenters. The van der Waals surface area contributed by atoms with Crippen LogP contribution < -0.4 is 9.47 Å². The van der Waals surface area contributed by atoms with E-state index in [4.69, 9.17) is 26.2 Å². The van der Waals surface area contributed by atoms with Crippen LogP contribution in [0.15, 0.2) is 36.4 Å². The van der Waals surface area contributed by atoms with Crippen molar-refractivity contribution in [2.45, 2.75) is 26.9 Å². The minimum Gasteiger partial charge on any atom is -0.479 e. The van der Waals surface area contributed by atoms with E-state index in [9.17, 15) is 9.59 Å². The zero-order valence-corrected chi connectivity index (χ0v) is 14.3. The van der Waals surface area contributed by atoms with Crippen molar-refractivity contribution in [3.05, 3.63) is 58.1 Å². The summed E-state index contributed by atoms with van der Waals surface area (Å²) in [6.07, 6.45) is -0.900. The van der Waals surface area contributed by atoms with Crippen LogP contribution in [-0.2, 0) is 4.79 Å². The van der Waals surface area contributed by atoms with Gasteiger partial charge < -0.3 is 14.6 Å². The fourth-order valence-corrected chi connectivity index (χ4v) is 2.19. The molecule has 2 aromatic carbocycles. The molecule has 126 valence electrons. The highest BCUT2D eigenvalue weighted by Gasteiger charge is 2.21. The zero-order chi connectivity index (χ0) is 17.9. The summed E-state index contributed by atoms with van der Waals surface area (Å²) in [5.74, 6) is -1.42. The van der Waals surface area contributed by atoms with Gasteiger partial charge in [-0.25, -0.2) is 9.59 Å². The molecular formula is C18H17ClO5. The van der Waals surface area contributed by atoms with Gasteiger partial charge in [0.2, 0.25) is 0 Å². The van der Waals surface area contributed by atoms with Crippen LogP contribution in [0.4, 0.5) is 0 Å². The molecule has 0 fully saturated rings. The number of hydrogen-bond acceptors (Lipinski definition) is 4. The first-order valence-corrected chi connectivity index (χ1v) is 7.64. The number of esters is 1. The maximum atomic E-state index is 12.2. The van der Waals surface area contributed by atoms with Gasteiger partial charge >= 0.3 is 11.9 Å². The number of ether oxygens (including phenoxy) is 2. The van der Waals surface area contributed by atoms with Crippen LogP contribution in [0.25, 0.3) is 0 Å². The van der Waals surface area contributed by atoms with Crippen molar-refractivity contribution in [1.82, 2.24) is 0 Å². The second-order valence-electron chi connectivity index (χ2n) is 5.40. The fourth-order valence-electron chi connectivity index (χ4n) is 2.02. The molecule has 0 aliphatic heterocycles. The van der Waals surface area contributed by atoms with Gasteiger partial charge in [0, 0.05) is 5.02 Å². The largest absolute Gasteiger partial charge is 0.479 e. The molecule has 0 aromatic heterocycles. The number of carboxylic acids is 1. The van der Waals surface area contributed by atoms with E-state index in [1.807, 2.05) is 32.0 Å². The molecule has 0 saturated heterocycles. The molecule has 1 unspecified atom stereocenters.